The fraction of sp³-hybridized carbons (Fsp3) is 0.100. The number of rotatable bonds is 0. The normalized spacial score (nSPS) is 16.0. The summed E-state index contributed by atoms with van der Waals surface area (Å²) >= 11 is 0. The first-order valence-corrected chi connectivity index (χ1v) is 4.23. The Morgan fingerprint density at radius 2 is 2.15 bits per heavy atom. The van der Waals surface area contributed by atoms with Crippen LogP contribution in [0.25, 0.3) is 18.2 Å². The molecule has 0 saturated carbocycles. The van der Waals surface area contributed by atoms with E-state index in [1.165, 1.54) is 0 Å². The van der Waals surface area contributed by atoms with Crippen molar-refractivity contribution in [3.8, 4) is 0 Å². The molecule has 13 heavy (non-hydrogen) atoms. The number of aromatic nitrogens is 2. The third-order valence-corrected chi connectivity index (χ3v) is 2.11. The second kappa shape index (κ2) is 2.36. The molecule has 0 aromatic carbocycles. The summed E-state index contributed by atoms with van der Waals surface area (Å²) in [5, 5.41) is 1.83. The number of hydrogen-bond donors (Lipinski definition) is 0. The van der Waals surface area contributed by atoms with Crippen LogP contribution in [-0.4, -0.2) is 16.2 Å². The molecule has 1 aromatic rings. The highest BCUT2D eigenvalue weighted by Crippen LogP contribution is 2.03. The molecule has 0 atom stereocenters. The van der Waals surface area contributed by atoms with Crippen molar-refractivity contribution >= 4 is 30.3 Å². The third kappa shape index (κ3) is 0.935. The Bertz CT molecular complexity index is 538. The Labute approximate surface area is 74.9 Å². The van der Waals surface area contributed by atoms with Gasteiger partial charge in [0.05, 0.1) is 11.0 Å². The maximum atomic E-state index is 4.43. The number of nitrogens with zero attached hydrogens (tertiary/aromatic N) is 3. The lowest BCUT2D eigenvalue weighted by atomic mass is 10.2. The highest BCUT2D eigenvalue weighted by Gasteiger charge is 2.05. The molecule has 1 aliphatic carbocycles. The predicted molar refractivity (Wildman–Crippen MR) is 52.0 cm³/mol. The van der Waals surface area contributed by atoms with Crippen LogP contribution in [0.4, 0.5) is 5.82 Å². The summed E-state index contributed by atoms with van der Waals surface area (Å²) < 4.78 is 0. The van der Waals surface area contributed by atoms with Crippen LogP contribution in [0.15, 0.2) is 11.1 Å². The van der Waals surface area contributed by atoms with Gasteiger partial charge in [-0.05, 0) is 18.6 Å². The van der Waals surface area contributed by atoms with Gasteiger partial charge in [-0.15, -0.1) is 0 Å². The smallest absolute Gasteiger partial charge is 0.178 e. The van der Waals surface area contributed by atoms with Gasteiger partial charge >= 0.3 is 0 Å². The second-order valence-electron chi connectivity index (χ2n) is 2.99. The van der Waals surface area contributed by atoms with Crippen LogP contribution in [0.5, 0.6) is 0 Å². The van der Waals surface area contributed by atoms with E-state index in [2.05, 4.69) is 27.1 Å². The van der Waals surface area contributed by atoms with Crippen molar-refractivity contribution in [2.24, 2.45) is 4.99 Å². The number of allylic oxidation sites excluding steroid dienone is 1. The summed E-state index contributed by atoms with van der Waals surface area (Å²) in [5.74, 6) is 0.741. The van der Waals surface area contributed by atoms with Crippen molar-refractivity contribution in [1.82, 2.24) is 9.97 Å². The van der Waals surface area contributed by atoms with E-state index >= 15 is 0 Å². The molecular weight excluding hydrogens is 162 g/mol. The van der Waals surface area contributed by atoms with Gasteiger partial charge in [0.25, 0.3) is 0 Å². The summed E-state index contributed by atoms with van der Waals surface area (Å²) in [4.78, 5) is 12.9. The maximum absolute atomic E-state index is 4.43. The first-order chi connectivity index (χ1) is 6.43. The molecular formula is C10H7N3. The average Bonchev–Trinajstić information content (AvgIpc) is 2.61. The van der Waals surface area contributed by atoms with Crippen LogP contribution in [0.1, 0.15) is 12.1 Å². The van der Waals surface area contributed by atoms with Gasteiger partial charge in [-0.25, -0.2) is 15.0 Å². The van der Waals surface area contributed by atoms with E-state index in [9.17, 15) is 0 Å². The maximum Gasteiger partial charge on any atom is 0.178 e. The molecule has 62 valence electrons. The minimum atomic E-state index is 0.741. The van der Waals surface area contributed by atoms with Gasteiger partial charge in [0.1, 0.15) is 5.35 Å². The highest BCUT2D eigenvalue weighted by molar-refractivity contribution is 5.95. The minimum Gasteiger partial charge on any atom is -0.243 e. The molecule has 0 N–H and O–H groups in total. The Morgan fingerprint density at radius 1 is 1.15 bits per heavy atom. The molecule has 0 saturated heterocycles. The molecule has 0 spiro atoms. The van der Waals surface area contributed by atoms with Gasteiger partial charge in [0.15, 0.2) is 5.82 Å². The van der Waals surface area contributed by atoms with Crippen molar-refractivity contribution < 1.29 is 0 Å². The lowest BCUT2D eigenvalue weighted by Gasteiger charge is -2.00. The van der Waals surface area contributed by atoms with Crippen LogP contribution < -0.4 is 10.7 Å². The van der Waals surface area contributed by atoms with E-state index in [1.807, 2.05) is 12.2 Å². The van der Waals surface area contributed by atoms with E-state index in [0.29, 0.717) is 0 Å². The Balaban J connectivity index is 2.43. The van der Waals surface area contributed by atoms with Crippen molar-refractivity contribution in [2.45, 2.75) is 6.42 Å². The first kappa shape index (κ1) is 6.71. The third-order valence-electron chi connectivity index (χ3n) is 2.11. The molecule has 3 heteroatoms. The fourth-order valence-corrected chi connectivity index (χ4v) is 1.48. The van der Waals surface area contributed by atoms with Gasteiger partial charge in [0, 0.05) is 6.21 Å². The molecule has 2 aliphatic rings. The zero-order chi connectivity index (χ0) is 8.67. The zero-order valence-electron chi connectivity index (χ0n) is 6.94. The van der Waals surface area contributed by atoms with Crippen molar-refractivity contribution in [3.63, 3.8) is 0 Å². The van der Waals surface area contributed by atoms with Crippen LogP contribution >= 0.6 is 0 Å². The van der Waals surface area contributed by atoms with E-state index in [0.717, 1.165) is 28.6 Å². The highest BCUT2D eigenvalue weighted by atomic mass is 15.0. The van der Waals surface area contributed by atoms with Gasteiger partial charge in [-0.1, -0.05) is 12.2 Å². The largest absolute Gasteiger partial charge is 0.243 e. The summed E-state index contributed by atoms with van der Waals surface area (Å²) in [5.41, 5.74) is 0.951. The summed E-state index contributed by atoms with van der Waals surface area (Å²) in [7, 11) is 0. The monoisotopic (exact) mass is 169 g/mol. The Morgan fingerprint density at radius 3 is 3.15 bits per heavy atom. The van der Waals surface area contributed by atoms with Crippen molar-refractivity contribution in [2.75, 3.05) is 0 Å². The van der Waals surface area contributed by atoms with E-state index in [-0.39, 0.29) is 0 Å². The van der Waals surface area contributed by atoms with Crippen LogP contribution in [0.2, 0.25) is 0 Å². The predicted octanol–water partition coefficient (Wildman–Crippen LogP) is 0.170. The zero-order valence-corrected chi connectivity index (χ0v) is 6.94. The van der Waals surface area contributed by atoms with Gasteiger partial charge in [0.2, 0.25) is 0 Å². The summed E-state index contributed by atoms with van der Waals surface area (Å²) in [6.45, 7) is 0. The number of hydrogen-bond acceptors (Lipinski definition) is 3. The van der Waals surface area contributed by atoms with Gasteiger partial charge in [-0.2, -0.15) is 0 Å². The van der Waals surface area contributed by atoms with E-state index in [1.54, 1.807) is 6.21 Å². The minimum absolute atomic E-state index is 0.741. The average molecular weight is 169 g/mol. The summed E-state index contributed by atoms with van der Waals surface area (Å²) in [6, 6.07) is 0. The molecule has 3 nitrogen and oxygen atoms in total. The molecule has 0 amide bonds. The lowest BCUT2D eigenvalue weighted by molar-refractivity contribution is 1.07. The first-order valence-electron chi connectivity index (χ1n) is 4.23. The molecule has 0 radical (unpaired) electrons. The molecule has 0 unspecified atom stereocenters. The van der Waals surface area contributed by atoms with Gasteiger partial charge in [-0.3, -0.25) is 0 Å². The molecule has 0 fully saturated rings. The molecule has 2 heterocycles. The fourth-order valence-electron chi connectivity index (χ4n) is 1.48. The number of aliphatic imine (C=N–C) groups is 1. The van der Waals surface area contributed by atoms with Gasteiger partial charge < -0.3 is 0 Å². The molecule has 1 aromatic heterocycles. The molecule has 0 bridgehead atoms. The van der Waals surface area contributed by atoms with Crippen molar-refractivity contribution in [3.05, 3.63) is 22.5 Å². The summed E-state index contributed by atoms with van der Waals surface area (Å²) in [6.07, 6.45) is 10.7. The standard InChI is InChI=1S/C10H7N3/c1-2-4-8-7(3-1)12-9-5-6-11-10(9)13-8/h1,3-6H,2H2. The molecule has 3 rings (SSSR count). The SMILES string of the molecule is C1=Cc2nc3c(nc2=CC1)N=CC=3. The quantitative estimate of drug-likeness (QED) is 0.555. The van der Waals surface area contributed by atoms with Crippen LogP contribution in [0.3, 0.4) is 0 Å². The van der Waals surface area contributed by atoms with E-state index < -0.39 is 0 Å². The lowest BCUT2D eigenvalue weighted by Crippen LogP contribution is -2.22. The Kier molecular flexibility index (Phi) is 1.22. The Hall–Kier alpha value is -1.77. The second-order valence-corrected chi connectivity index (χ2v) is 2.99. The molecule has 1 aliphatic heterocycles. The number of fused-ring (bicyclic) bond motifs is 2. The van der Waals surface area contributed by atoms with Crippen molar-refractivity contribution in [1.29, 1.82) is 0 Å². The topological polar surface area (TPSA) is 38.1 Å². The van der Waals surface area contributed by atoms with Crippen LogP contribution in [0, 0.1) is 0 Å². The van der Waals surface area contributed by atoms with E-state index in [4.69, 9.17) is 0 Å². The van der Waals surface area contributed by atoms with Crippen LogP contribution in [-0.2, 0) is 0 Å².